The van der Waals surface area contributed by atoms with E-state index in [2.05, 4.69) is 11.9 Å². The maximum atomic E-state index is 10.8. The minimum Gasteiger partial charge on any atom is -0.479 e. The minimum atomic E-state index is -1.00. The molecule has 0 radical (unpaired) electrons. The number of hydrogen-bond acceptors (Lipinski definition) is 4. The van der Waals surface area contributed by atoms with Gasteiger partial charge in [0, 0.05) is 12.6 Å². The van der Waals surface area contributed by atoms with Gasteiger partial charge in [0.25, 0.3) is 0 Å². The van der Waals surface area contributed by atoms with Gasteiger partial charge in [-0.25, -0.2) is 4.79 Å². The lowest BCUT2D eigenvalue weighted by Crippen LogP contribution is -2.34. The molecule has 0 spiro atoms. The van der Waals surface area contributed by atoms with E-state index >= 15 is 0 Å². The Morgan fingerprint density at radius 2 is 2.18 bits per heavy atom. The van der Waals surface area contributed by atoms with Crippen molar-refractivity contribution in [3.05, 3.63) is 28.8 Å². The second kappa shape index (κ2) is 8.09. The van der Waals surface area contributed by atoms with Crippen molar-refractivity contribution in [2.45, 2.75) is 38.5 Å². The number of ether oxygens (including phenoxy) is 1. The Morgan fingerprint density at radius 3 is 2.77 bits per heavy atom. The summed E-state index contributed by atoms with van der Waals surface area (Å²) in [5, 5.41) is 9.33. The van der Waals surface area contributed by atoms with Crippen LogP contribution in [0.5, 0.6) is 5.75 Å². The summed E-state index contributed by atoms with van der Waals surface area (Å²) in [6.45, 7) is 2.32. The van der Waals surface area contributed by atoms with E-state index in [4.69, 9.17) is 21.4 Å². The first-order chi connectivity index (χ1) is 10.5. The van der Waals surface area contributed by atoms with E-state index in [1.165, 1.54) is 31.3 Å². The number of carboxylic acids is 1. The molecule has 1 aromatic carbocycles. The van der Waals surface area contributed by atoms with Gasteiger partial charge in [-0.1, -0.05) is 17.7 Å². The topological polar surface area (TPSA) is 49.8 Å². The van der Waals surface area contributed by atoms with Crippen LogP contribution in [-0.4, -0.2) is 46.7 Å². The zero-order chi connectivity index (χ0) is 16.1. The number of hydrogen-bond donors (Lipinski definition) is 1. The van der Waals surface area contributed by atoms with Crippen LogP contribution >= 0.6 is 23.4 Å². The predicted molar refractivity (Wildman–Crippen MR) is 91.0 cm³/mol. The van der Waals surface area contributed by atoms with E-state index in [1.807, 2.05) is 23.9 Å². The fourth-order valence-electron chi connectivity index (χ4n) is 2.52. The van der Waals surface area contributed by atoms with Crippen molar-refractivity contribution in [3.8, 4) is 5.75 Å². The van der Waals surface area contributed by atoms with Gasteiger partial charge < -0.3 is 9.84 Å². The van der Waals surface area contributed by atoms with Gasteiger partial charge in [0.15, 0.2) is 6.10 Å². The molecule has 1 unspecified atom stereocenters. The van der Waals surface area contributed by atoms with Crippen LogP contribution in [0.1, 0.15) is 25.3 Å². The van der Waals surface area contributed by atoms with Gasteiger partial charge in [-0.05, 0) is 56.0 Å². The first kappa shape index (κ1) is 17.4. The molecule has 0 amide bonds. The molecule has 22 heavy (non-hydrogen) atoms. The van der Waals surface area contributed by atoms with E-state index in [0.29, 0.717) is 16.8 Å². The number of halogens is 1. The van der Waals surface area contributed by atoms with E-state index < -0.39 is 12.1 Å². The Bertz CT molecular complexity index is 520. The Labute approximate surface area is 140 Å². The first-order valence-electron chi connectivity index (χ1n) is 7.43. The molecule has 122 valence electrons. The summed E-state index contributed by atoms with van der Waals surface area (Å²) in [5.41, 5.74) is 1.11. The summed E-state index contributed by atoms with van der Waals surface area (Å²) in [7, 11) is 2.14. The van der Waals surface area contributed by atoms with Crippen molar-refractivity contribution in [1.29, 1.82) is 0 Å². The van der Waals surface area contributed by atoms with Crippen molar-refractivity contribution in [2.75, 3.05) is 18.6 Å². The highest BCUT2D eigenvalue weighted by molar-refractivity contribution is 7.99. The van der Waals surface area contributed by atoms with Crippen LogP contribution in [0.3, 0.4) is 0 Å². The third kappa shape index (κ3) is 4.80. The van der Waals surface area contributed by atoms with Crippen LogP contribution < -0.4 is 4.74 Å². The normalized spacial score (nSPS) is 17.5. The largest absolute Gasteiger partial charge is 0.479 e. The number of nitrogens with zero attached hydrogens (tertiary/aromatic N) is 1. The molecule has 1 heterocycles. The van der Waals surface area contributed by atoms with E-state index in [-0.39, 0.29) is 0 Å². The highest BCUT2D eigenvalue weighted by atomic mass is 35.5. The summed E-state index contributed by atoms with van der Waals surface area (Å²) in [4.78, 5) is 13.2. The Hall–Kier alpha value is -0.910. The van der Waals surface area contributed by atoms with Gasteiger partial charge in [-0.15, -0.1) is 0 Å². The van der Waals surface area contributed by atoms with E-state index in [0.717, 1.165) is 12.1 Å². The molecule has 6 heteroatoms. The zero-order valence-corrected chi connectivity index (χ0v) is 14.5. The fraction of sp³-hybridized carbons (Fsp3) is 0.562. The van der Waals surface area contributed by atoms with Crippen LogP contribution in [0.25, 0.3) is 0 Å². The number of thioether (sulfide) groups is 1. The van der Waals surface area contributed by atoms with Gasteiger partial charge >= 0.3 is 5.97 Å². The highest BCUT2D eigenvalue weighted by Gasteiger charge is 2.19. The summed E-state index contributed by atoms with van der Waals surface area (Å²) >= 11 is 8.23. The van der Waals surface area contributed by atoms with Crippen molar-refractivity contribution < 1.29 is 14.6 Å². The molecule has 0 bridgehead atoms. The average Bonchev–Trinajstić information content (AvgIpc) is 2.50. The first-order valence-corrected chi connectivity index (χ1v) is 8.96. The van der Waals surface area contributed by atoms with E-state index in [1.54, 1.807) is 6.07 Å². The highest BCUT2D eigenvalue weighted by Crippen LogP contribution is 2.28. The number of carbonyl (C=O) groups is 1. The molecule has 1 fully saturated rings. The van der Waals surface area contributed by atoms with Crippen LogP contribution in [0.4, 0.5) is 0 Å². The SMILES string of the molecule is CC(Oc1ccc(CN(C)C2CCSCC2)cc1Cl)C(=O)O. The lowest BCUT2D eigenvalue weighted by atomic mass is 10.1. The molecule has 0 aromatic heterocycles. The van der Waals surface area contributed by atoms with Crippen molar-refractivity contribution >= 4 is 29.3 Å². The number of benzene rings is 1. The minimum absolute atomic E-state index is 0.414. The van der Waals surface area contributed by atoms with E-state index in [9.17, 15) is 4.79 Å². The molecule has 1 atom stereocenters. The van der Waals surface area contributed by atoms with Gasteiger partial charge in [0.05, 0.1) is 5.02 Å². The molecule has 1 N–H and O–H groups in total. The zero-order valence-electron chi connectivity index (χ0n) is 12.9. The third-order valence-electron chi connectivity index (χ3n) is 3.89. The standard InChI is InChI=1S/C16H22ClNO3S/c1-11(16(19)20)21-15-4-3-12(9-14(15)17)10-18(2)13-5-7-22-8-6-13/h3-4,9,11,13H,5-8,10H2,1-2H3,(H,19,20). The third-order valence-corrected chi connectivity index (χ3v) is 5.24. The van der Waals surface area contributed by atoms with Crippen molar-refractivity contribution in [1.82, 2.24) is 4.90 Å². The van der Waals surface area contributed by atoms with Gasteiger partial charge in [-0.2, -0.15) is 11.8 Å². The molecule has 4 nitrogen and oxygen atoms in total. The average molecular weight is 344 g/mol. The Morgan fingerprint density at radius 1 is 1.50 bits per heavy atom. The lowest BCUT2D eigenvalue weighted by molar-refractivity contribution is -0.144. The molecule has 1 aromatic rings. The maximum Gasteiger partial charge on any atom is 0.344 e. The van der Waals surface area contributed by atoms with Gasteiger partial charge in [0.2, 0.25) is 0 Å². The number of aliphatic carboxylic acids is 1. The molecule has 1 aliphatic rings. The van der Waals surface area contributed by atoms with Crippen LogP contribution in [0, 0.1) is 0 Å². The van der Waals surface area contributed by atoms with Crippen LogP contribution in [0.15, 0.2) is 18.2 Å². The second-order valence-corrected chi connectivity index (χ2v) is 7.25. The summed E-state index contributed by atoms with van der Waals surface area (Å²) in [6.07, 6.45) is 1.55. The molecule has 1 saturated heterocycles. The molecular formula is C16H22ClNO3S. The number of rotatable bonds is 6. The van der Waals surface area contributed by atoms with Crippen molar-refractivity contribution in [3.63, 3.8) is 0 Å². The smallest absolute Gasteiger partial charge is 0.344 e. The summed E-state index contributed by atoms with van der Waals surface area (Å²) in [5.74, 6) is 1.87. The Balaban J connectivity index is 1.97. The fourth-order valence-corrected chi connectivity index (χ4v) is 3.85. The van der Waals surface area contributed by atoms with Crippen LogP contribution in [0.2, 0.25) is 5.02 Å². The predicted octanol–water partition coefficient (Wildman–Crippen LogP) is 3.52. The Kier molecular flexibility index (Phi) is 6.41. The molecular weight excluding hydrogens is 322 g/mol. The lowest BCUT2D eigenvalue weighted by Gasteiger charge is -2.31. The maximum absolute atomic E-state index is 10.8. The second-order valence-electron chi connectivity index (χ2n) is 5.62. The van der Waals surface area contributed by atoms with Crippen LogP contribution in [-0.2, 0) is 11.3 Å². The molecule has 0 saturated carbocycles. The monoisotopic (exact) mass is 343 g/mol. The summed E-state index contributed by atoms with van der Waals surface area (Å²) < 4.78 is 5.33. The summed E-state index contributed by atoms with van der Waals surface area (Å²) in [6, 6.07) is 6.19. The number of carboxylic acid groups (broad SMARTS) is 1. The quantitative estimate of drug-likeness (QED) is 0.856. The molecule has 1 aliphatic heterocycles. The molecule has 2 rings (SSSR count). The van der Waals surface area contributed by atoms with Crippen molar-refractivity contribution in [2.24, 2.45) is 0 Å². The molecule has 0 aliphatic carbocycles. The van der Waals surface area contributed by atoms with Gasteiger partial charge in [0.1, 0.15) is 5.75 Å². The van der Waals surface area contributed by atoms with Gasteiger partial charge in [-0.3, -0.25) is 4.90 Å².